The van der Waals surface area contributed by atoms with Crippen LogP contribution < -0.4 is 9.47 Å². The minimum atomic E-state index is -0.343. The third-order valence-electron chi connectivity index (χ3n) is 3.14. The van der Waals surface area contributed by atoms with E-state index in [4.69, 9.17) is 9.47 Å². The standard InChI is InChI=1S/C19H18O4/c1-4-19(15-5-9-17(10-6-15)22-13(2)20)16-7-11-18(12-8-16)23-14(3)21/h4-12H,1-3H3. The molecule has 0 saturated heterocycles. The first-order valence-electron chi connectivity index (χ1n) is 7.23. The average molecular weight is 310 g/mol. The number of carbonyl (C=O) groups is 2. The Morgan fingerprint density at radius 1 is 0.739 bits per heavy atom. The minimum Gasteiger partial charge on any atom is -0.427 e. The molecule has 0 unspecified atom stereocenters. The fourth-order valence-corrected chi connectivity index (χ4v) is 2.24. The summed E-state index contributed by atoms with van der Waals surface area (Å²) in [5, 5.41) is 0. The van der Waals surface area contributed by atoms with E-state index in [9.17, 15) is 9.59 Å². The van der Waals surface area contributed by atoms with Gasteiger partial charge in [0.25, 0.3) is 0 Å². The molecule has 0 atom stereocenters. The van der Waals surface area contributed by atoms with Crippen LogP contribution in [-0.4, -0.2) is 11.9 Å². The van der Waals surface area contributed by atoms with E-state index in [-0.39, 0.29) is 11.9 Å². The largest absolute Gasteiger partial charge is 0.427 e. The first-order valence-corrected chi connectivity index (χ1v) is 7.23. The van der Waals surface area contributed by atoms with Gasteiger partial charge in [-0.05, 0) is 47.9 Å². The molecule has 0 radical (unpaired) electrons. The van der Waals surface area contributed by atoms with Crippen LogP contribution in [0.2, 0.25) is 0 Å². The van der Waals surface area contributed by atoms with Gasteiger partial charge in [-0.2, -0.15) is 0 Å². The molecule has 0 bridgehead atoms. The van der Waals surface area contributed by atoms with E-state index < -0.39 is 0 Å². The molecule has 2 aromatic carbocycles. The van der Waals surface area contributed by atoms with Crippen LogP contribution in [0.4, 0.5) is 0 Å². The molecule has 0 heterocycles. The first kappa shape index (κ1) is 16.5. The Morgan fingerprint density at radius 3 is 1.35 bits per heavy atom. The molecular formula is C19H18O4. The number of hydrogen-bond acceptors (Lipinski definition) is 4. The summed E-state index contributed by atoms with van der Waals surface area (Å²) in [6.45, 7) is 4.70. The lowest BCUT2D eigenvalue weighted by Gasteiger charge is -2.10. The van der Waals surface area contributed by atoms with Gasteiger partial charge in [-0.15, -0.1) is 0 Å². The van der Waals surface area contributed by atoms with Gasteiger partial charge in [0.1, 0.15) is 11.5 Å². The first-order chi connectivity index (χ1) is 11.0. The summed E-state index contributed by atoms with van der Waals surface area (Å²) in [7, 11) is 0. The van der Waals surface area contributed by atoms with Crippen LogP contribution in [0.15, 0.2) is 54.6 Å². The summed E-state index contributed by atoms with van der Waals surface area (Å²) in [5.74, 6) is 0.346. The Labute approximate surface area is 135 Å². The van der Waals surface area contributed by atoms with Crippen LogP contribution in [0.25, 0.3) is 5.57 Å². The molecule has 0 aromatic heterocycles. The molecule has 2 rings (SSSR count). The maximum Gasteiger partial charge on any atom is 0.308 e. The Morgan fingerprint density at radius 2 is 1.09 bits per heavy atom. The maximum atomic E-state index is 10.9. The van der Waals surface area contributed by atoms with E-state index in [1.165, 1.54) is 13.8 Å². The van der Waals surface area contributed by atoms with Crippen LogP contribution in [0, 0.1) is 0 Å². The molecule has 118 valence electrons. The second-order valence-corrected chi connectivity index (χ2v) is 4.94. The van der Waals surface area contributed by atoms with Crippen LogP contribution in [-0.2, 0) is 9.59 Å². The molecule has 0 aliphatic rings. The number of rotatable bonds is 4. The van der Waals surface area contributed by atoms with Crippen molar-refractivity contribution in [1.29, 1.82) is 0 Å². The van der Waals surface area contributed by atoms with Crippen molar-refractivity contribution in [2.24, 2.45) is 0 Å². The van der Waals surface area contributed by atoms with Crippen LogP contribution in [0.5, 0.6) is 11.5 Å². The van der Waals surface area contributed by atoms with Crippen molar-refractivity contribution in [3.05, 3.63) is 65.7 Å². The molecule has 2 aromatic rings. The summed E-state index contributed by atoms with van der Waals surface area (Å²) in [5.41, 5.74) is 3.04. The van der Waals surface area contributed by atoms with Gasteiger partial charge >= 0.3 is 11.9 Å². The van der Waals surface area contributed by atoms with Crippen molar-refractivity contribution in [1.82, 2.24) is 0 Å². The molecule has 4 nitrogen and oxygen atoms in total. The quantitative estimate of drug-likeness (QED) is 0.633. The molecule has 0 N–H and O–H groups in total. The Bertz CT molecular complexity index is 663. The van der Waals surface area contributed by atoms with Gasteiger partial charge in [0.15, 0.2) is 0 Å². The number of ether oxygens (including phenoxy) is 2. The highest BCUT2D eigenvalue weighted by molar-refractivity contribution is 5.80. The third-order valence-corrected chi connectivity index (χ3v) is 3.14. The van der Waals surface area contributed by atoms with E-state index in [1.54, 1.807) is 24.3 Å². The van der Waals surface area contributed by atoms with Gasteiger partial charge < -0.3 is 9.47 Å². The fraction of sp³-hybridized carbons (Fsp3) is 0.158. The van der Waals surface area contributed by atoms with Crippen molar-refractivity contribution in [2.75, 3.05) is 0 Å². The molecule has 0 fully saturated rings. The molecule has 23 heavy (non-hydrogen) atoms. The van der Waals surface area contributed by atoms with Crippen molar-refractivity contribution in [3.63, 3.8) is 0 Å². The van der Waals surface area contributed by atoms with Gasteiger partial charge in [-0.3, -0.25) is 9.59 Å². The lowest BCUT2D eigenvalue weighted by Crippen LogP contribution is -2.01. The SMILES string of the molecule is CC=C(c1ccc(OC(C)=O)cc1)c1ccc(OC(C)=O)cc1. The average Bonchev–Trinajstić information content (AvgIpc) is 2.50. The Kier molecular flexibility index (Phi) is 5.31. The van der Waals surface area contributed by atoms with Crippen LogP contribution in [0.1, 0.15) is 31.9 Å². The molecule has 0 spiro atoms. The van der Waals surface area contributed by atoms with Gasteiger partial charge in [-0.1, -0.05) is 30.3 Å². The van der Waals surface area contributed by atoms with E-state index in [1.807, 2.05) is 37.3 Å². The van der Waals surface area contributed by atoms with Gasteiger partial charge in [0.2, 0.25) is 0 Å². The third kappa shape index (κ3) is 4.54. The summed E-state index contributed by atoms with van der Waals surface area (Å²) in [6.07, 6.45) is 2.00. The number of esters is 2. The lowest BCUT2D eigenvalue weighted by atomic mass is 9.97. The predicted molar refractivity (Wildman–Crippen MR) is 88.3 cm³/mol. The normalized spacial score (nSPS) is 9.87. The number of allylic oxidation sites excluding steroid dienone is 1. The number of hydrogen-bond donors (Lipinski definition) is 0. The lowest BCUT2D eigenvalue weighted by molar-refractivity contribution is -0.132. The van der Waals surface area contributed by atoms with Crippen molar-refractivity contribution < 1.29 is 19.1 Å². The fourth-order valence-electron chi connectivity index (χ4n) is 2.24. The zero-order valence-corrected chi connectivity index (χ0v) is 13.3. The summed E-state index contributed by atoms with van der Waals surface area (Å²) in [4.78, 5) is 21.9. The Hall–Kier alpha value is -2.88. The van der Waals surface area contributed by atoms with E-state index in [0.29, 0.717) is 11.5 Å². The zero-order chi connectivity index (χ0) is 16.8. The van der Waals surface area contributed by atoms with E-state index >= 15 is 0 Å². The van der Waals surface area contributed by atoms with Gasteiger partial charge in [-0.25, -0.2) is 0 Å². The van der Waals surface area contributed by atoms with Crippen molar-refractivity contribution >= 4 is 17.5 Å². The smallest absolute Gasteiger partial charge is 0.308 e. The molecule has 0 aliphatic heterocycles. The van der Waals surface area contributed by atoms with Crippen molar-refractivity contribution in [3.8, 4) is 11.5 Å². The maximum absolute atomic E-state index is 10.9. The van der Waals surface area contributed by atoms with E-state index in [2.05, 4.69) is 0 Å². The molecule has 0 saturated carbocycles. The highest BCUT2D eigenvalue weighted by Crippen LogP contribution is 2.26. The van der Waals surface area contributed by atoms with E-state index in [0.717, 1.165) is 16.7 Å². The Balaban J connectivity index is 2.22. The number of carbonyl (C=O) groups excluding carboxylic acids is 2. The topological polar surface area (TPSA) is 52.6 Å². The van der Waals surface area contributed by atoms with Gasteiger partial charge in [0, 0.05) is 13.8 Å². The highest BCUT2D eigenvalue weighted by Gasteiger charge is 2.06. The molecule has 0 amide bonds. The van der Waals surface area contributed by atoms with Crippen LogP contribution in [0.3, 0.4) is 0 Å². The highest BCUT2D eigenvalue weighted by atomic mass is 16.5. The number of benzene rings is 2. The summed E-state index contributed by atoms with van der Waals surface area (Å²) >= 11 is 0. The molecule has 4 heteroatoms. The second kappa shape index (κ2) is 7.40. The van der Waals surface area contributed by atoms with Crippen molar-refractivity contribution in [2.45, 2.75) is 20.8 Å². The summed E-state index contributed by atoms with van der Waals surface area (Å²) < 4.78 is 10.1. The molecular weight excluding hydrogens is 292 g/mol. The summed E-state index contributed by atoms with van der Waals surface area (Å²) in [6, 6.07) is 14.6. The minimum absolute atomic E-state index is 0.343. The monoisotopic (exact) mass is 310 g/mol. The van der Waals surface area contributed by atoms with Gasteiger partial charge in [0.05, 0.1) is 0 Å². The van der Waals surface area contributed by atoms with Crippen LogP contribution >= 0.6 is 0 Å². The zero-order valence-electron chi connectivity index (χ0n) is 13.3. The molecule has 0 aliphatic carbocycles. The second-order valence-electron chi connectivity index (χ2n) is 4.94. The predicted octanol–water partition coefficient (Wildman–Crippen LogP) is 3.99.